The van der Waals surface area contributed by atoms with Crippen LogP contribution in [0.15, 0.2) is 49.2 Å². The first-order valence-corrected chi connectivity index (χ1v) is 7.79. The predicted molar refractivity (Wildman–Crippen MR) is 88.0 cm³/mol. The Hall–Kier alpha value is -1.99. The fraction of sp³-hybridized carbons (Fsp3) is 0.143. The van der Waals surface area contributed by atoms with Gasteiger partial charge in [0.05, 0.1) is 5.69 Å². The van der Waals surface area contributed by atoms with Crippen molar-refractivity contribution in [2.24, 2.45) is 0 Å². The monoisotopic (exact) mass is 315 g/mol. The Bertz CT molecular complexity index is 708. The highest BCUT2D eigenvalue weighted by Crippen LogP contribution is 2.13. The molecule has 0 aliphatic rings. The first-order valence-electron chi connectivity index (χ1n) is 6.39. The van der Waals surface area contributed by atoms with Crippen LogP contribution in [-0.4, -0.2) is 23.7 Å². The lowest BCUT2D eigenvalue weighted by Gasteiger charge is -2.06. The summed E-state index contributed by atoms with van der Waals surface area (Å²) in [5, 5.41) is 3.21. The molecule has 3 rings (SSSR count). The fourth-order valence-electron chi connectivity index (χ4n) is 1.82. The maximum atomic E-state index is 5.31. The van der Waals surface area contributed by atoms with Gasteiger partial charge in [0.2, 0.25) is 5.78 Å². The highest BCUT2D eigenvalue weighted by molar-refractivity contribution is 8.22. The normalized spacial score (nSPS) is 10.7. The summed E-state index contributed by atoms with van der Waals surface area (Å²) in [5.74, 6) is 1.43. The van der Waals surface area contributed by atoms with Gasteiger partial charge >= 0.3 is 0 Å². The van der Waals surface area contributed by atoms with Crippen molar-refractivity contribution in [3.05, 3.63) is 60.4 Å². The topological polar surface area (TPSA) is 55.1 Å². The molecule has 5 nitrogen and oxygen atoms in total. The summed E-state index contributed by atoms with van der Waals surface area (Å²) in [7, 11) is 0. The molecule has 0 spiro atoms. The smallest absolute Gasteiger partial charge is 0.233 e. The second-order valence-corrected chi connectivity index (χ2v) is 6.00. The summed E-state index contributed by atoms with van der Waals surface area (Å²) in [4.78, 5) is 12.7. The van der Waals surface area contributed by atoms with Crippen LogP contribution in [0.25, 0.3) is 5.78 Å². The zero-order valence-corrected chi connectivity index (χ0v) is 12.8. The van der Waals surface area contributed by atoms with Crippen LogP contribution in [0.3, 0.4) is 0 Å². The van der Waals surface area contributed by atoms with Crippen molar-refractivity contribution in [1.82, 2.24) is 24.7 Å². The molecular formula is C14H13N5S2. The van der Waals surface area contributed by atoms with E-state index in [0.29, 0.717) is 12.3 Å². The van der Waals surface area contributed by atoms with Gasteiger partial charge in [-0.25, -0.2) is 9.97 Å². The molecule has 3 heterocycles. The van der Waals surface area contributed by atoms with E-state index in [9.17, 15) is 0 Å². The third-order valence-corrected chi connectivity index (χ3v) is 4.14. The van der Waals surface area contributed by atoms with Gasteiger partial charge in [-0.2, -0.15) is 0 Å². The molecule has 106 valence electrons. The van der Waals surface area contributed by atoms with Crippen molar-refractivity contribution < 1.29 is 0 Å². The lowest BCUT2D eigenvalue weighted by atomic mass is 10.3. The second kappa shape index (κ2) is 6.64. The molecule has 0 aliphatic heterocycles. The highest BCUT2D eigenvalue weighted by Gasteiger charge is 2.04. The zero-order valence-electron chi connectivity index (χ0n) is 11.1. The highest BCUT2D eigenvalue weighted by atomic mass is 32.2. The van der Waals surface area contributed by atoms with Crippen molar-refractivity contribution >= 4 is 34.1 Å². The molecule has 3 aromatic heterocycles. The van der Waals surface area contributed by atoms with Crippen LogP contribution in [0, 0.1) is 0 Å². The van der Waals surface area contributed by atoms with Gasteiger partial charge in [0.25, 0.3) is 0 Å². The van der Waals surface area contributed by atoms with E-state index in [1.165, 1.54) is 0 Å². The Morgan fingerprint density at radius 3 is 3.10 bits per heavy atom. The van der Waals surface area contributed by atoms with Crippen molar-refractivity contribution in [1.29, 1.82) is 0 Å². The minimum atomic E-state index is 0.687. The molecule has 0 fully saturated rings. The zero-order chi connectivity index (χ0) is 14.5. The SMILES string of the molecule is S=C(NCc1cccnc1)SCc1cn2cccnc2n1. The number of nitrogens with one attached hydrogen (secondary N) is 1. The summed E-state index contributed by atoms with van der Waals surface area (Å²) in [5.41, 5.74) is 2.07. The van der Waals surface area contributed by atoms with Crippen molar-refractivity contribution in [2.75, 3.05) is 0 Å². The van der Waals surface area contributed by atoms with Gasteiger partial charge in [-0.1, -0.05) is 30.0 Å². The molecule has 0 aromatic carbocycles. The fourth-order valence-corrected chi connectivity index (χ4v) is 2.66. The van der Waals surface area contributed by atoms with E-state index in [4.69, 9.17) is 12.2 Å². The number of hydrogen-bond donors (Lipinski definition) is 1. The number of aromatic nitrogens is 4. The average molecular weight is 315 g/mol. The molecule has 0 bridgehead atoms. The minimum absolute atomic E-state index is 0.687. The van der Waals surface area contributed by atoms with E-state index in [2.05, 4.69) is 20.3 Å². The van der Waals surface area contributed by atoms with Crippen LogP contribution in [-0.2, 0) is 12.3 Å². The predicted octanol–water partition coefficient (Wildman–Crippen LogP) is 2.43. The van der Waals surface area contributed by atoms with Gasteiger partial charge in [-0.15, -0.1) is 0 Å². The van der Waals surface area contributed by atoms with Gasteiger partial charge in [-0.05, 0) is 17.7 Å². The number of imidazole rings is 1. The summed E-state index contributed by atoms with van der Waals surface area (Å²) < 4.78 is 2.66. The third kappa shape index (κ3) is 3.77. The van der Waals surface area contributed by atoms with Crippen LogP contribution in [0.1, 0.15) is 11.3 Å². The van der Waals surface area contributed by atoms with E-state index in [0.717, 1.165) is 21.3 Å². The molecule has 0 saturated heterocycles. The molecule has 0 atom stereocenters. The van der Waals surface area contributed by atoms with E-state index >= 15 is 0 Å². The van der Waals surface area contributed by atoms with Crippen LogP contribution >= 0.6 is 24.0 Å². The number of pyridine rings is 1. The second-order valence-electron chi connectivity index (χ2n) is 4.35. The Labute approximate surface area is 131 Å². The van der Waals surface area contributed by atoms with E-state index in [1.807, 2.05) is 41.2 Å². The number of fused-ring (bicyclic) bond motifs is 1. The Morgan fingerprint density at radius 1 is 1.33 bits per heavy atom. The average Bonchev–Trinajstić information content (AvgIpc) is 2.95. The number of nitrogens with zero attached hydrogens (tertiary/aromatic N) is 4. The molecule has 0 unspecified atom stereocenters. The first kappa shape index (κ1) is 14.0. The Balaban J connectivity index is 1.51. The summed E-state index contributed by atoms with van der Waals surface area (Å²) in [6, 6.07) is 5.81. The molecule has 3 aromatic rings. The van der Waals surface area contributed by atoms with Crippen molar-refractivity contribution in [3.63, 3.8) is 0 Å². The van der Waals surface area contributed by atoms with Crippen molar-refractivity contribution in [3.8, 4) is 0 Å². The van der Waals surface area contributed by atoms with Crippen molar-refractivity contribution in [2.45, 2.75) is 12.3 Å². The number of rotatable bonds is 4. The van der Waals surface area contributed by atoms with Gasteiger partial charge in [0, 0.05) is 43.3 Å². The number of hydrogen-bond acceptors (Lipinski definition) is 5. The first-order chi connectivity index (χ1) is 10.3. The maximum Gasteiger partial charge on any atom is 0.233 e. The van der Waals surface area contributed by atoms with Crippen LogP contribution in [0.2, 0.25) is 0 Å². The quantitative estimate of drug-likeness (QED) is 0.746. The number of thiocarbonyl (C=S) groups is 1. The Morgan fingerprint density at radius 2 is 2.29 bits per heavy atom. The summed E-state index contributed by atoms with van der Waals surface area (Å²) >= 11 is 6.87. The van der Waals surface area contributed by atoms with Gasteiger partial charge < -0.3 is 5.32 Å². The molecule has 1 N–H and O–H groups in total. The lowest BCUT2D eigenvalue weighted by molar-refractivity contribution is 0.929. The van der Waals surface area contributed by atoms with Gasteiger partial charge in [-0.3, -0.25) is 9.38 Å². The van der Waals surface area contributed by atoms with Crippen LogP contribution < -0.4 is 5.32 Å². The lowest BCUT2D eigenvalue weighted by Crippen LogP contribution is -2.17. The van der Waals surface area contributed by atoms with E-state index in [-0.39, 0.29) is 0 Å². The molecule has 21 heavy (non-hydrogen) atoms. The largest absolute Gasteiger partial charge is 0.367 e. The molecule has 0 aliphatic carbocycles. The maximum absolute atomic E-state index is 5.31. The van der Waals surface area contributed by atoms with E-state index in [1.54, 1.807) is 24.2 Å². The van der Waals surface area contributed by atoms with Gasteiger partial charge in [0.15, 0.2) is 0 Å². The third-order valence-electron chi connectivity index (χ3n) is 2.80. The summed E-state index contributed by atoms with van der Waals surface area (Å²) in [6.07, 6.45) is 9.23. The van der Waals surface area contributed by atoms with Crippen LogP contribution in [0.4, 0.5) is 0 Å². The molecule has 0 amide bonds. The van der Waals surface area contributed by atoms with Crippen LogP contribution in [0.5, 0.6) is 0 Å². The standard InChI is InChI=1S/C14H13N5S2/c20-14(17-8-11-3-1-4-15-7-11)21-10-12-9-19-6-2-5-16-13(19)18-12/h1-7,9H,8,10H2,(H,17,20). The van der Waals surface area contributed by atoms with Gasteiger partial charge in [0.1, 0.15) is 4.32 Å². The minimum Gasteiger partial charge on any atom is -0.367 e. The molecule has 7 heteroatoms. The Kier molecular flexibility index (Phi) is 4.42. The summed E-state index contributed by atoms with van der Waals surface area (Å²) in [6.45, 7) is 0.687. The van der Waals surface area contributed by atoms with E-state index < -0.39 is 0 Å². The molecule has 0 saturated carbocycles. The number of thioether (sulfide) groups is 1. The molecular weight excluding hydrogens is 302 g/mol. The molecule has 0 radical (unpaired) electrons.